The number of aromatic nitrogens is 1. The highest BCUT2D eigenvalue weighted by molar-refractivity contribution is 5.40. The molecular formula is C18H28F3N3O2. The largest absolute Gasteiger partial charge is 0.417 e. The Kier molecular flexibility index (Phi) is 7.67. The summed E-state index contributed by atoms with van der Waals surface area (Å²) in [5.74, 6) is 0.992. The van der Waals surface area contributed by atoms with E-state index in [2.05, 4.69) is 23.7 Å². The fourth-order valence-corrected chi connectivity index (χ4v) is 2.91. The third-order valence-electron chi connectivity index (χ3n) is 4.22. The number of β-amino-alcohol motifs (C(OH)–C–C–N with tert-alkyl or cyclic N) is 1. The van der Waals surface area contributed by atoms with E-state index >= 15 is 0 Å². The minimum absolute atomic E-state index is 0.318. The molecule has 2 heterocycles. The van der Waals surface area contributed by atoms with Crippen LogP contribution in [0, 0.1) is 5.92 Å². The van der Waals surface area contributed by atoms with Crippen molar-refractivity contribution in [3.63, 3.8) is 0 Å². The first-order valence-corrected chi connectivity index (χ1v) is 9.02. The smallest absolute Gasteiger partial charge is 0.389 e. The lowest BCUT2D eigenvalue weighted by Crippen LogP contribution is -2.38. The molecule has 0 radical (unpaired) electrons. The van der Waals surface area contributed by atoms with Gasteiger partial charge in [-0.3, -0.25) is 4.90 Å². The number of aliphatic hydroxyl groups excluding tert-OH is 1. The van der Waals surface area contributed by atoms with Crippen LogP contribution in [0.3, 0.4) is 0 Å². The van der Waals surface area contributed by atoms with Gasteiger partial charge < -0.3 is 14.7 Å². The Morgan fingerprint density at radius 3 is 2.54 bits per heavy atom. The topological polar surface area (TPSA) is 48.8 Å². The molecule has 1 unspecified atom stereocenters. The van der Waals surface area contributed by atoms with E-state index in [9.17, 15) is 18.3 Å². The first-order chi connectivity index (χ1) is 12.3. The third-order valence-corrected chi connectivity index (χ3v) is 4.22. The van der Waals surface area contributed by atoms with Crippen LogP contribution in [0.25, 0.3) is 0 Å². The van der Waals surface area contributed by atoms with E-state index in [1.807, 2.05) is 4.90 Å². The summed E-state index contributed by atoms with van der Waals surface area (Å²) < 4.78 is 43.4. The van der Waals surface area contributed by atoms with Gasteiger partial charge in [0.1, 0.15) is 5.82 Å². The molecule has 5 nitrogen and oxygen atoms in total. The summed E-state index contributed by atoms with van der Waals surface area (Å²) >= 11 is 0. The highest BCUT2D eigenvalue weighted by Crippen LogP contribution is 2.29. The first kappa shape index (κ1) is 20.9. The maximum Gasteiger partial charge on any atom is 0.417 e. The Bertz CT molecular complexity index is 537. The SMILES string of the molecule is CC(C)COCC(O)CN1CCCN(c2ccc(C(F)(F)F)cn2)CC1. The van der Waals surface area contributed by atoms with Gasteiger partial charge >= 0.3 is 6.18 Å². The number of aliphatic hydroxyl groups is 1. The van der Waals surface area contributed by atoms with E-state index in [0.717, 1.165) is 38.3 Å². The van der Waals surface area contributed by atoms with Gasteiger partial charge in [-0.25, -0.2) is 4.98 Å². The molecule has 1 atom stereocenters. The van der Waals surface area contributed by atoms with Crippen LogP contribution in [-0.4, -0.2) is 67.0 Å². The number of halogens is 3. The van der Waals surface area contributed by atoms with Crippen molar-refractivity contribution in [2.45, 2.75) is 32.5 Å². The summed E-state index contributed by atoms with van der Waals surface area (Å²) in [5.41, 5.74) is -0.734. The predicted octanol–water partition coefficient (Wildman–Crippen LogP) is 2.65. The first-order valence-electron chi connectivity index (χ1n) is 9.02. The summed E-state index contributed by atoms with van der Waals surface area (Å²) in [6, 6.07) is 2.49. The lowest BCUT2D eigenvalue weighted by atomic mass is 10.2. The minimum Gasteiger partial charge on any atom is -0.389 e. The maximum absolute atomic E-state index is 12.6. The summed E-state index contributed by atoms with van der Waals surface area (Å²) in [5, 5.41) is 10.1. The zero-order valence-corrected chi connectivity index (χ0v) is 15.4. The quantitative estimate of drug-likeness (QED) is 0.794. The Morgan fingerprint density at radius 2 is 1.92 bits per heavy atom. The number of nitrogens with zero attached hydrogens (tertiary/aromatic N) is 3. The molecule has 1 aliphatic heterocycles. The molecule has 0 aromatic carbocycles. The van der Waals surface area contributed by atoms with E-state index < -0.39 is 17.8 Å². The number of anilines is 1. The fraction of sp³-hybridized carbons (Fsp3) is 0.722. The van der Waals surface area contributed by atoms with Crippen molar-refractivity contribution in [3.8, 4) is 0 Å². The molecule has 148 valence electrons. The van der Waals surface area contributed by atoms with Crippen molar-refractivity contribution in [2.24, 2.45) is 5.92 Å². The molecule has 1 aromatic heterocycles. The van der Waals surface area contributed by atoms with Gasteiger partial charge in [0.25, 0.3) is 0 Å². The fourth-order valence-electron chi connectivity index (χ4n) is 2.91. The molecule has 0 bridgehead atoms. The summed E-state index contributed by atoms with van der Waals surface area (Å²) in [4.78, 5) is 8.12. The third kappa shape index (κ3) is 6.74. The highest BCUT2D eigenvalue weighted by Gasteiger charge is 2.31. The second-order valence-electron chi connectivity index (χ2n) is 7.13. The van der Waals surface area contributed by atoms with Crippen molar-refractivity contribution in [1.29, 1.82) is 0 Å². The average molecular weight is 375 g/mol. The van der Waals surface area contributed by atoms with Crippen LogP contribution in [0.2, 0.25) is 0 Å². The monoisotopic (exact) mass is 375 g/mol. The van der Waals surface area contributed by atoms with Gasteiger partial charge in [0.15, 0.2) is 0 Å². The Balaban J connectivity index is 1.82. The van der Waals surface area contributed by atoms with Gasteiger partial charge in [0, 0.05) is 39.0 Å². The van der Waals surface area contributed by atoms with Gasteiger partial charge in [-0.1, -0.05) is 13.8 Å². The molecule has 1 aliphatic rings. The van der Waals surface area contributed by atoms with Crippen molar-refractivity contribution in [3.05, 3.63) is 23.9 Å². The van der Waals surface area contributed by atoms with Gasteiger partial charge in [-0.05, 0) is 31.0 Å². The zero-order chi connectivity index (χ0) is 19.2. The molecule has 0 spiro atoms. The zero-order valence-electron chi connectivity index (χ0n) is 15.4. The van der Waals surface area contributed by atoms with Crippen LogP contribution < -0.4 is 4.90 Å². The highest BCUT2D eigenvalue weighted by atomic mass is 19.4. The van der Waals surface area contributed by atoms with Gasteiger partial charge in [0.05, 0.1) is 18.3 Å². The van der Waals surface area contributed by atoms with E-state index in [4.69, 9.17) is 4.74 Å². The normalized spacial score (nSPS) is 18.2. The maximum atomic E-state index is 12.6. The molecule has 1 saturated heterocycles. The Labute approximate surface area is 152 Å². The molecular weight excluding hydrogens is 347 g/mol. The van der Waals surface area contributed by atoms with Crippen molar-refractivity contribution >= 4 is 5.82 Å². The van der Waals surface area contributed by atoms with Crippen molar-refractivity contribution in [2.75, 3.05) is 50.8 Å². The Morgan fingerprint density at radius 1 is 1.15 bits per heavy atom. The number of ether oxygens (including phenoxy) is 1. The van der Waals surface area contributed by atoms with Gasteiger partial charge in [-0.15, -0.1) is 0 Å². The van der Waals surface area contributed by atoms with E-state index in [1.165, 1.54) is 6.07 Å². The summed E-state index contributed by atoms with van der Waals surface area (Å²) in [6.45, 7) is 8.56. The number of hydrogen-bond acceptors (Lipinski definition) is 5. The average Bonchev–Trinajstić information content (AvgIpc) is 2.79. The van der Waals surface area contributed by atoms with Crippen LogP contribution in [0.15, 0.2) is 18.3 Å². The number of alkyl halides is 3. The second-order valence-corrected chi connectivity index (χ2v) is 7.13. The van der Waals surface area contributed by atoms with Crippen molar-refractivity contribution in [1.82, 2.24) is 9.88 Å². The van der Waals surface area contributed by atoms with Crippen molar-refractivity contribution < 1.29 is 23.0 Å². The summed E-state index contributed by atoms with van der Waals surface area (Å²) in [7, 11) is 0. The van der Waals surface area contributed by atoms with E-state index in [0.29, 0.717) is 38.0 Å². The predicted molar refractivity (Wildman–Crippen MR) is 94.2 cm³/mol. The van der Waals surface area contributed by atoms with Crippen LogP contribution in [0.1, 0.15) is 25.8 Å². The molecule has 2 rings (SSSR count). The molecule has 1 aromatic rings. The molecule has 0 amide bonds. The van der Waals surface area contributed by atoms with E-state index in [-0.39, 0.29) is 0 Å². The molecule has 1 fully saturated rings. The number of rotatable bonds is 7. The van der Waals surface area contributed by atoms with Crippen LogP contribution in [-0.2, 0) is 10.9 Å². The van der Waals surface area contributed by atoms with E-state index in [1.54, 1.807) is 0 Å². The molecule has 1 N–H and O–H groups in total. The second kappa shape index (κ2) is 9.53. The minimum atomic E-state index is -4.37. The van der Waals surface area contributed by atoms with Gasteiger partial charge in [0.2, 0.25) is 0 Å². The standard InChI is InChI=1S/C18H28F3N3O2/c1-14(2)12-26-13-16(25)11-23-6-3-7-24(9-8-23)17-5-4-15(10-22-17)18(19,20)21/h4-5,10,14,16,25H,3,6-9,11-13H2,1-2H3. The Hall–Kier alpha value is -1.38. The van der Waals surface area contributed by atoms with Crippen LogP contribution in [0.5, 0.6) is 0 Å². The molecule has 26 heavy (non-hydrogen) atoms. The van der Waals surface area contributed by atoms with Crippen LogP contribution >= 0.6 is 0 Å². The molecule has 0 aliphatic carbocycles. The number of pyridine rings is 1. The lowest BCUT2D eigenvalue weighted by molar-refractivity contribution is -0.137. The number of hydrogen-bond donors (Lipinski definition) is 1. The summed E-state index contributed by atoms with van der Waals surface area (Å²) in [6.07, 6.45) is -3.16. The van der Waals surface area contributed by atoms with Crippen LogP contribution in [0.4, 0.5) is 19.0 Å². The lowest BCUT2D eigenvalue weighted by Gasteiger charge is -2.24. The molecule has 0 saturated carbocycles. The molecule has 8 heteroatoms. The van der Waals surface area contributed by atoms with Gasteiger partial charge in [-0.2, -0.15) is 13.2 Å².